The van der Waals surface area contributed by atoms with Crippen LogP contribution < -0.4 is 4.90 Å². The summed E-state index contributed by atoms with van der Waals surface area (Å²) in [5, 5.41) is 10.9. The number of hydrogen-bond acceptors (Lipinski definition) is 4. The number of carbonyl (C=O) groups is 1. The number of rotatable bonds is 2. The van der Waals surface area contributed by atoms with Gasteiger partial charge in [-0.2, -0.15) is 0 Å². The lowest BCUT2D eigenvalue weighted by Gasteiger charge is -2.34. The second-order valence-corrected chi connectivity index (χ2v) is 5.74. The molecule has 0 amide bonds. The first-order valence-corrected chi connectivity index (χ1v) is 7.37. The molecular formula is C15H16ClN3O2. The van der Waals surface area contributed by atoms with Gasteiger partial charge in [-0.15, -0.1) is 0 Å². The van der Waals surface area contributed by atoms with Crippen molar-refractivity contribution in [2.75, 3.05) is 11.4 Å². The Labute approximate surface area is 127 Å². The summed E-state index contributed by atoms with van der Waals surface area (Å²) < 4.78 is 0. The second-order valence-electron chi connectivity index (χ2n) is 5.30. The van der Waals surface area contributed by atoms with Gasteiger partial charge in [-0.25, -0.2) is 14.8 Å². The normalized spacial score (nSPS) is 19.0. The first kappa shape index (κ1) is 14.1. The average Bonchev–Trinajstić information content (AvgIpc) is 2.47. The van der Waals surface area contributed by atoms with E-state index in [-0.39, 0.29) is 0 Å². The molecule has 21 heavy (non-hydrogen) atoms. The number of nitrogens with zero attached hydrogens (tertiary/aromatic N) is 3. The maximum Gasteiger partial charge on any atom is 0.326 e. The standard InChI is InChI=1S/C15H16ClN3O2/c1-9-17-12-6-5-10(16)8-11(12)14(18-9)19-7-3-2-4-13(19)15(20)21/h5-6,8,13H,2-4,7H2,1H3,(H,20,21). The molecule has 1 aliphatic heterocycles. The summed E-state index contributed by atoms with van der Waals surface area (Å²) in [4.78, 5) is 22.3. The molecule has 0 aliphatic carbocycles. The van der Waals surface area contributed by atoms with Crippen molar-refractivity contribution < 1.29 is 9.90 Å². The summed E-state index contributed by atoms with van der Waals surface area (Å²) >= 11 is 6.08. The number of fused-ring (bicyclic) bond motifs is 1. The van der Waals surface area contributed by atoms with Crippen LogP contribution in [0.2, 0.25) is 5.02 Å². The third kappa shape index (κ3) is 2.65. The zero-order valence-corrected chi connectivity index (χ0v) is 12.5. The lowest BCUT2D eigenvalue weighted by Crippen LogP contribution is -2.45. The van der Waals surface area contributed by atoms with Crippen molar-refractivity contribution in [3.8, 4) is 0 Å². The van der Waals surface area contributed by atoms with Gasteiger partial charge in [0.25, 0.3) is 0 Å². The summed E-state index contributed by atoms with van der Waals surface area (Å²) in [7, 11) is 0. The van der Waals surface area contributed by atoms with Gasteiger partial charge in [-0.3, -0.25) is 0 Å². The molecule has 1 N–H and O–H groups in total. The van der Waals surface area contributed by atoms with Gasteiger partial charge in [0.05, 0.1) is 5.52 Å². The Balaban J connectivity index is 2.17. The molecule has 0 bridgehead atoms. The molecule has 1 aliphatic rings. The van der Waals surface area contributed by atoms with Gasteiger partial charge in [0.15, 0.2) is 0 Å². The molecule has 2 aromatic rings. The van der Waals surface area contributed by atoms with Crippen LogP contribution in [0.15, 0.2) is 18.2 Å². The van der Waals surface area contributed by atoms with Crippen LogP contribution in [-0.2, 0) is 4.79 Å². The zero-order chi connectivity index (χ0) is 15.0. The minimum absolute atomic E-state index is 0.532. The quantitative estimate of drug-likeness (QED) is 0.923. The van der Waals surface area contributed by atoms with Gasteiger partial charge < -0.3 is 10.0 Å². The molecule has 6 heteroatoms. The molecule has 1 unspecified atom stereocenters. The Kier molecular flexibility index (Phi) is 3.68. The van der Waals surface area contributed by atoms with Crippen LogP contribution >= 0.6 is 11.6 Å². The maximum absolute atomic E-state index is 11.5. The summed E-state index contributed by atoms with van der Waals surface area (Å²) in [5.41, 5.74) is 0.789. The SMILES string of the molecule is Cc1nc(N2CCCCC2C(=O)O)c2cc(Cl)ccc2n1. The van der Waals surface area contributed by atoms with Crippen molar-refractivity contribution in [3.05, 3.63) is 29.0 Å². The summed E-state index contributed by atoms with van der Waals surface area (Å²) in [6.07, 6.45) is 2.53. The molecule has 3 rings (SSSR count). The lowest BCUT2D eigenvalue weighted by atomic mass is 10.0. The number of piperidine rings is 1. The number of benzene rings is 1. The van der Waals surface area contributed by atoms with E-state index in [1.165, 1.54) is 0 Å². The predicted molar refractivity (Wildman–Crippen MR) is 81.9 cm³/mol. The van der Waals surface area contributed by atoms with Gasteiger partial charge in [-0.1, -0.05) is 11.6 Å². The molecule has 1 aromatic heterocycles. The third-order valence-corrected chi connectivity index (χ3v) is 4.04. The maximum atomic E-state index is 11.5. The number of hydrogen-bond donors (Lipinski definition) is 1. The van der Waals surface area contributed by atoms with Crippen LogP contribution in [0.3, 0.4) is 0 Å². The minimum atomic E-state index is -0.804. The monoisotopic (exact) mass is 305 g/mol. The van der Waals surface area contributed by atoms with Crippen LogP contribution in [0.1, 0.15) is 25.1 Å². The number of carboxylic acid groups (broad SMARTS) is 1. The third-order valence-electron chi connectivity index (χ3n) is 3.81. The second kappa shape index (κ2) is 5.48. The number of carboxylic acids is 1. The van der Waals surface area contributed by atoms with Crippen molar-refractivity contribution in [3.63, 3.8) is 0 Å². The van der Waals surface area contributed by atoms with Crippen molar-refractivity contribution >= 4 is 34.3 Å². The minimum Gasteiger partial charge on any atom is -0.480 e. The average molecular weight is 306 g/mol. The Hall–Kier alpha value is -1.88. The van der Waals surface area contributed by atoms with Gasteiger partial charge in [-0.05, 0) is 44.4 Å². The van der Waals surface area contributed by atoms with Crippen molar-refractivity contribution in [1.82, 2.24) is 9.97 Å². The van der Waals surface area contributed by atoms with Crippen LogP contribution in [0.25, 0.3) is 10.9 Å². The summed E-state index contributed by atoms with van der Waals surface area (Å²) in [6, 6.07) is 4.90. The predicted octanol–water partition coefficient (Wildman–Crippen LogP) is 3.04. The topological polar surface area (TPSA) is 66.3 Å². The molecule has 110 valence electrons. The highest BCUT2D eigenvalue weighted by atomic mass is 35.5. The van der Waals surface area contributed by atoms with E-state index in [9.17, 15) is 9.90 Å². The largest absolute Gasteiger partial charge is 0.480 e. The van der Waals surface area contributed by atoms with Crippen LogP contribution in [0, 0.1) is 6.92 Å². The summed E-state index contributed by atoms with van der Waals surface area (Å²) in [5.74, 6) is 0.503. The molecular weight excluding hydrogens is 290 g/mol. The molecule has 1 fully saturated rings. The molecule has 1 saturated heterocycles. The van der Waals surface area contributed by atoms with Crippen LogP contribution in [-0.4, -0.2) is 33.6 Å². The molecule has 0 spiro atoms. The highest BCUT2D eigenvalue weighted by molar-refractivity contribution is 6.31. The fourth-order valence-electron chi connectivity index (χ4n) is 2.86. The fraction of sp³-hybridized carbons (Fsp3) is 0.400. The molecule has 0 saturated carbocycles. The van der Waals surface area contributed by atoms with Crippen molar-refractivity contribution in [2.45, 2.75) is 32.2 Å². The van der Waals surface area contributed by atoms with Crippen LogP contribution in [0.4, 0.5) is 5.82 Å². The molecule has 2 heterocycles. The number of aryl methyl sites for hydroxylation is 1. The van der Waals surface area contributed by atoms with Crippen molar-refractivity contribution in [1.29, 1.82) is 0 Å². The van der Waals surface area contributed by atoms with Gasteiger partial charge in [0, 0.05) is 17.0 Å². The molecule has 5 nitrogen and oxygen atoms in total. The van der Waals surface area contributed by atoms with E-state index in [1.807, 2.05) is 17.9 Å². The van der Waals surface area contributed by atoms with E-state index >= 15 is 0 Å². The first-order valence-electron chi connectivity index (χ1n) is 6.99. The van der Waals surface area contributed by atoms with E-state index in [1.54, 1.807) is 12.1 Å². The molecule has 1 aromatic carbocycles. The van der Waals surface area contributed by atoms with E-state index < -0.39 is 12.0 Å². The molecule has 1 atom stereocenters. The Bertz CT molecular complexity index is 705. The zero-order valence-electron chi connectivity index (χ0n) is 11.7. The smallest absolute Gasteiger partial charge is 0.326 e. The van der Waals surface area contributed by atoms with E-state index in [2.05, 4.69) is 9.97 Å². The summed E-state index contributed by atoms with van der Waals surface area (Å²) in [6.45, 7) is 2.51. The fourth-order valence-corrected chi connectivity index (χ4v) is 3.03. The van der Waals surface area contributed by atoms with Crippen LogP contribution in [0.5, 0.6) is 0 Å². The Morgan fingerprint density at radius 2 is 2.19 bits per heavy atom. The van der Waals surface area contributed by atoms with Crippen molar-refractivity contribution in [2.24, 2.45) is 0 Å². The lowest BCUT2D eigenvalue weighted by molar-refractivity contribution is -0.139. The molecule has 0 radical (unpaired) electrons. The Morgan fingerprint density at radius 1 is 1.38 bits per heavy atom. The van der Waals surface area contributed by atoms with E-state index in [0.29, 0.717) is 29.6 Å². The van der Waals surface area contributed by atoms with E-state index in [0.717, 1.165) is 23.7 Å². The van der Waals surface area contributed by atoms with E-state index in [4.69, 9.17) is 11.6 Å². The number of halogens is 1. The van der Waals surface area contributed by atoms with Gasteiger partial charge >= 0.3 is 5.97 Å². The number of anilines is 1. The Morgan fingerprint density at radius 3 is 2.95 bits per heavy atom. The first-order chi connectivity index (χ1) is 10.1. The number of aliphatic carboxylic acids is 1. The highest BCUT2D eigenvalue weighted by Gasteiger charge is 2.30. The van der Waals surface area contributed by atoms with Gasteiger partial charge in [0.1, 0.15) is 17.7 Å². The number of aromatic nitrogens is 2. The highest BCUT2D eigenvalue weighted by Crippen LogP contribution is 2.31. The van der Waals surface area contributed by atoms with Gasteiger partial charge in [0.2, 0.25) is 0 Å².